The maximum Gasteiger partial charge on any atom is 0.363 e. The fourth-order valence-corrected chi connectivity index (χ4v) is 1.56. The number of nitrogens with zero attached hydrogens (tertiary/aromatic N) is 2. The Hall–Kier alpha value is -1.78. The minimum atomic E-state index is -0.641. The van der Waals surface area contributed by atoms with Crippen molar-refractivity contribution in [3.05, 3.63) is 34.0 Å². The molecule has 0 aliphatic carbocycles. The molecular weight excluding hydrogens is 220 g/mol. The highest BCUT2D eigenvalue weighted by Crippen LogP contribution is 2.26. The van der Waals surface area contributed by atoms with Crippen LogP contribution in [-0.2, 0) is 10.2 Å². The summed E-state index contributed by atoms with van der Waals surface area (Å²) in [5.74, 6) is -0.0804. The predicted octanol–water partition coefficient (Wildman–Crippen LogP) is 2.64. The third kappa shape index (κ3) is 2.87. The van der Waals surface area contributed by atoms with Crippen molar-refractivity contribution in [2.45, 2.75) is 39.0 Å². The van der Waals surface area contributed by atoms with E-state index in [2.05, 4.69) is 4.98 Å². The fraction of sp³-hybridized carbons (Fsp3) is 0.500. The number of rotatable bonds is 5. The Morgan fingerprint density at radius 2 is 2.12 bits per heavy atom. The monoisotopic (exact) mass is 236 g/mol. The van der Waals surface area contributed by atoms with Crippen LogP contribution in [0.4, 0.5) is 5.82 Å². The fourth-order valence-electron chi connectivity index (χ4n) is 1.56. The van der Waals surface area contributed by atoms with Gasteiger partial charge in [-0.2, -0.15) is 0 Å². The average Bonchev–Trinajstić information content (AvgIpc) is 2.29. The van der Waals surface area contributed by atoms with Gasteiger partial charge in [0.15, 0.2) is 0 Å². The van der Waals surface area contributed by atoms with E-state index in [-0.39, 0.29) is 11.6 Å². The lowest BCUT2D eigenvalue weighted by Crippen LogP contribution is -2.28. The zero-order chi connectivity index (χ0) is 13.1. The molecule has 0 bridgehead atoms. The van der Waals surface area contributed by atoms with E-state index >= 15 is 0 Å². The van der Waals surface area contributed by atoms with Crippen molar-refractivity contribution >= 4 is 11.6 Å². The predicted molar refractivity (Wildman–Crippen MR) is 63.8 cm³/mol. The maximum atomic E-state index is 11.9. The van der Waals surface area contributed by atoms with Gasteiger partial charge in [0.25, 0.3) is 0 Å². The van der Waals surface area contributed by atoms with Crippen molar-refractivity contribution in [3.8, 4) is 0 Å². The standard InChI is InChI=1S/C12H16N2O3/c1-4-5-10(15)12(2,3)9-6-7-11(13-8-9)14(16)17/h6-8H,4-5H2,1-3H3. The molecule has 1 rings (SSSR count). The third-order valence-corrected chi connectivity index (χ3v) is 2.83. The topological polar surface area (TPSA) is 73.1 Å². The van der Waals surface area contributed by atoms with Crippen molar-refractivity contribution in [2.75, 3.05) is 0 Å². The van der Waals surface area contributed by atoms with Gasteiger partial charge in [0.1, 0.15) is 12.0 Å². The Morgan fingerprint density at radius 3 is 2.53 bits per heavy atom. The molecule has 0 saturated carbocycles. The quantitative estimate of drug-likeness (QED) is 0.582. The van der Waals surface area contributed by atoms with Crippen LogP contribution < -0.4 is 0 Å². The number of ketones is 1. The Kier molecular flexibility index (Phi) is 3.93. The summed E-state index contributed by atoms with van der Waals surface area (Å²) in [5.41, 5.74) is 0.0690. The van der Waals surface area contributed by atoms with Gasteiger partial charge in [-0.3, -0.25) is 4.79 Å². The second-order valence-electron chi connectivity index (χ2n) is 4.46. The molecule has 0 aliphatic heterocycles. The van der Waals surface area contributed by atoms with Gasteiger partial charge in [0.05, 0.1) is 5.41 Å². The zero-order valence-electron chi connectivity index (χ0n) is 10.3. The number of nitro groups is 1. The Balaban J connectivity index is 2.99. The van der Waals surface area contributed by atoms with E-state index in [1.807, 2.05) is 20.8 Å². The minimum Gasteiger partial charge on any atom is -0.358 e. The molecule has 0 aliphatic rings. The number of carbonyl (C=O) groups excluding carboxylic acids is 1. The van der Waals surface area contributed by atoms with Crippen molar-refractivity contribution in [2.24, 2.45) is 0 Å². The van der Waals surface area contributed by atoms with Gasteiger partial charge in [-0.1, -0.05) is 6.92 Å². The van der Waals surface area contributed by atoms with Crippen LogP contribution in [0.5, 0.6) is 0 Å². The first kappa shape index (κ1) is 13.3. The Morgan fingerprint density at radius 1 is 1.47 bits per heavy atom. The number of aromatic nitrogens is 1. The summed E-state index contributed by atoms with van der Waals surface area (Å²) in [6.07, 6.45) is 2.71. The lowest BCUT2D eigenvalue weighted by atomic mass is 9.80. The van der Waals surface area contributed by atoms with Crippen molar-refractivity contribution in [1.82, 2.24) is 4.98 Å². The number of pyridine rings is 1. The van der Waals surface area contributed by atoms with Gasteiger partial charge in [0, 0.05) is 18.1 Å². The first-order chi connectivity index (χ1) is 7.89. The molecule has 0 amide bonds. The summed E-state index contributed by atoms with van der Waals surface area (Å²) in [6, 6.07) is 2.93. The number of hydrogen-bond donors (Lipinski definition) is 0. The highest BCUT2D eigenvalue weighted by atomic mass is 16.6. The summed E-state index contributed by atoms with van der Waals surface area (Å²) in [6.45, 7) is 5.57. The molecule has 5 heteroatoms. The van der Waals surface area contributed by atoms with E-state index in [1.54, 1.807) is 6.07 Å². The molecule has 0 N–H and O–H groups in total. The van der Waals surface area contributed by atoms with Crippen LogP contribution in [0.15, 0.2) is 18.3 Å². The zero-order valence-corrected chi connectivity index (χ0v) is 10.3. The molecule has 1 heterocycles. The lowest BCUT2D eigenvalue weighted by Gasteiger charge is -2.21. The number of Topliss-reactive ketones (excluding diaryl/α,β-unsaturated/α-hetero) is 1. The molecule has 0 unspecified atom stereocenters. The molecule has 0 fully saturated rings. The Bertz CT molecular complexity index is 424. The Labute approximate surface area is 100 Å². The third-order valence-electron chi connectivity index (χ3n) is 2.83. The summed E-state index contributed by atoms with van der Waals surface area (Å²) in [7, 11) is 0. The van der Waals surface area contributed by atoms with Crippen LogP contribution in [0.3, 0.4) is 0 Å². The lowest BCUT2D eigenvalue weighted by molar-refractivity contribution is -0.389. The molecule has 17 heavy (non-hydrogen) atoms. The highest BCUT2D eigenvalue weighted by Gasteiger charge is 2.30. The second kappa shape index (κ2) is 5.03. The molecule has 0 spiro atoms. The van der Waals surface area contributed by atoms with Gasteiger partial charge >= 0.3 is 5.82 Å². The largest absolute Gasteiger partial charge is 0.363 e. The second-order valence-corrected chi connectivity index (χ2v) is 4.46. The van der Waals surface area contributed by atoms with Crippen molar-refractivity contribution in [1.29, 1.82) is 0 Å². The number of hydrogen-bond acceptors (Lipinski definition) is 4. The molecule has 0 saturated heterocycles. The van der Waals surface area contributed by atoms with Gasteiger partial charge < -0.3 is 10.1 Å². The normalized spacial score (nSPS) is 11.2. The van der Waals surface area contributed by atoms with Gasteiger partial charge in [-0.15, -0.1) is 0 Å². The van der Waals surface area contributed by atoms with Gasteiger partial charge in [-0.25, -0.2) is 0 Å². The number of carbonyl (C=O) groups is 1. The van der Waals surface area contributed by atoms with E-state index < -0.39 is 10.3 Å². The highest BCUT2D eigenvalue weighted by molar-refractivity contribution is 5.89. The van der Waals surface area contributed by atoms with Crippen LogP contribution in [0, 0.1) is 10.1 Å². The molecular formula is C12H16N2O3. The molecule has 1 aromatic heterocycles. The average molecular weight is 236 g/mol. The summed E-state index contributed by atoms with van der Waals surface area (Å²) >= 11 is 0. The van der Waals surface area contributed by atoms with Crippen LogP contribution >= 0.6 is 0 Å². The molecule has 0 radical (unpaired) electrons. The summed E-state index contributed by atoms with van der Waals surface area (Å²) in [5, 5.41) is 10.5. The van der Waals surface area contributed by atoms with E-state index in [1.165, 1.54) is 12.3 Å². The summed E-state index contributed by atoms with van der Waals surface area (Å²) in [4.78, 5) is 25.6. The van der Waals surface area contributed by atoms with E-state index in [4.69, 9.17) is 0 Å². The van der Waals surface area contributed by atoms with Crippen LogP contribution in [-0.4, -0.2) is 15.7 Å². The van der Waals surface area contributed by atoms with E-state index in [0.717, 1.165) is 6.42 Å². The van der Waals surface area contributed by atoms with Crippen molar-refractivity contribution < 1.29 is 9.72 Å². The molecule has 92 valence electrons. The van der Waals surface area contributed by atoms with Crippen LogP contribution in [0.2, 0.25) is 0 Å². The SMILES string of the molecule is CCCC(=O)C(C)(C)c1ccc([N+](=O)[O-])nc1. The smallest absolute Gasteiger partial charge is 0.358 e. The van der Waals surface area contributed by atoms with Gasteiger partial charge in [-0.05, 0) is 36.2 Å². The van der Waals surface area contributed by atoms with E-state index in [0.29, 0.717) is 12.0 Å². The molecule has 0 atom stereocenters. The maximum absolute atomic E-state index is 11.9. The van der Waals surface area contributed by atoms with Crippen LogP contribution in [0.1, 0.15) is 39.2 Å². The first-order valence-corrected chi connectivity index (χ1v) is 5.53. The van der Waals surface area contributed by atoms with Crippen molar-refractivity contribution in [3.63, 3.8) is 0 Å². The minimum absolute atomic E-state index is 0.121. The first-order valence-electron chi connectivity index (χ1n) is 5.53. The van der Waals surface area contributed by atoms with Gasteiger partial charge in [0.2, 0.25) is 0 Å². The summed E-state index contributed by atoms with van der Waals surface area (Å²) < 4.78 is 0. The van der Waals surface area contributed by atoms with E-state index in [9.17, 15) is 14.9 Å². The molecule has 5 nitrogen and oxygen atoms in total. The van der Waals surface area contributed by atoms with Crippen LogP contribution in [0.25, 0.3) is 0 Å². The molecule has 1 aromatic rings. The molecule has 0 aromatic carbocycles.